The first-order chi connectivity index (χ1) is 14.2. The minimum absolute atomic E-state index is 0. The van der Waals surface area contributed by atoms with Crippen LogP contribution in [0.15, 0.2) is 88.7 Å². The van der Waals surface area contributed by atoms with Crippen molar-refractivity contribution in [1.29, 1.82) is 0 Å². The number of nitrogens with one attached hydrogen (secondary N) is 1. The van der Waals surface area contributed by atoms with E-state index in [1.165, 1.54) is 16.7 Å². The van der Waals surface area contributed by atoms with E-state index in [-0.39, 0.29) is 7.43 Å². The monoisotopic (exact) mass is 418 g/mol. The second kappa shape index (κ2) is 9.88. The van der Waals surface area contributed by atoms with Gasteiger partial charge < -0.3 is 10.2 Å². The van der Waals surface area contributed by atoms with Crippen LogP contribution in [0.1, 0.15) is 24.1 Å². The van der Waals surface area contributed by atoms with Crippen LogP contribution in [0.25, 0.3) is 0 Å². The highest BCUT2D eigenvalue weighted by Crippen LogP contribution is 2.44. The molecule has 1 atom stereocenters. The molecule has 0 aliphatic carbocycles. The molecule has 1 unspecified atom stereocenters. The fourth-order valence-corrected chi connectivity index (χ4v) is 5.12. The van der Waals surface area contributed by atoms with Crippen molar-refractivity contribution in [2.24, 2.45) is 0 Å². The molecule has 0 amide bonds. The number of benzene rings is 3. The van der Waals surface area contributed by atoms with Gasteiger partial charge in [0.2, 0.25) is 0 Å². The second-order valence-corrected chi connectivity index (χ2v) is 8.71. The highest BCUT2D eigenvalue weighted by atomic mass is 32.2. The molecule has 3 aromatic carbocycles. The summed E-state index contributed by atoms with van der Waals surface area (Å²) >= 11 is 0. The lowest BCUT2D eigenvalue weighted by Gasteiger charge is -2.33. The van der Waals surface area contributed by atoms with Crippen LogP contribution in [0.2, 0.25) is 0 Å². The van der Waals surface area contributed by atoms with Gasteiger partial charge in [-0.15, -0.1) is 0 Å². The van der Waals surface area contributed by atoms with Crippen LogP contribution < -0.4 is 10.2 Å². The maximum atomic E-state index is 13.1. The lowest BCUT2D eigenvalue weighted by atomic mass is 10.1. The number of anilines is 2. The first-order valence-electron chi connectivity index (χ1n) is 9.95. The standard InChI is InChI=1S/C25H26N2OS.CH4/c1-19-14-15-24-25(20(19)2)27(22-12-6-7-13-23(22)29(24)28)17-9-8-16-26-18-21-10-4-3-5-11-21;/h3-15,26H,16-18H2,1-2H3;1H4/b9-8+;. The summed E-state index contributed by atoms with van der Waals surface area (Å²) in [5, 5.41) is 3.45. The van der Waals surface area contributed by atoms with Crippen molar-refractivity contribution in [2.75, 3.05) is 18.0 Å². The van der Waals surface area contributed by atoms with Crippen molar-refractivity contribution in [3.05, 3.63) is 95.6 Å². The Morgan fingerprint density at radius 1 is 0.900 bits per heavy atom. The zero-order chi connectivity index (χ0) is 20.2. The maximum absolute atomic E-state index is 13.1. The summed E-state index contributed by atoms with van der Waals surface area (Å²) in [7, 11) is -1.14. The van der Waals surface area contributed by atoms with E-state index in [4.69, 9.17) is 0 Å². The minimum Gasteiger partial charge on any atom is -0.335 e. The lowest BCUT2D eigenvalue weighted by molar-refractivity contribution is 0.681. The van der Waals surface area contributed by atoms with E-state index < -0.39 is 10.8 Å². The third-order valence-electron chi connectivity index (χ3n) is 5.38. The van der Waals surface area contributed by atoms with E-state index in [9.17, 15) is 4.21 Å². The fraction of sp³-hybridized carbons (Fsp3) is 0.231. The van der Waals surface area contributed by atoms with Gasteiger partial charge in [-0.25, -0.2) is 4.21 Å². The van der Waals surface area contributed by atoms with Gasteiger partial charge in [-0.1, -0.05) is 68.1 Å². The quantitative estimate of drug-likeness (QED) is 0.399. The van der Waals surface area contributed by atoms with Crippen LogP contribution in [0.3, 0.4) is 0 Å². The van der Waals surface area contributed by atoms with E-state index in [2.05, 4.69) is 72.6 Å². The van der Waals surface area contributed by atoms with Gasteiger partial charge in [0.1, 0.15) is 0 Å². The molecule has 0 fully saturated rings. The fourth-order valence-electron chi connectivity index (χ4n) is 3.69. The molecule has 1 aliphatic rings. The molecule has 1 aliphatic heterocycles. The van der Waals surface area contributed by atoms with Crippen molar-refractivity contribution in [1.82, 2.24) is 5.32 Å². The first-order valence-corrected chi connectivity index (χ1v) is 11.1. The SMILES string of the molecule is C.Cc1ccc2c(c1C)N(C/C=C/CNCc1ccccc1)c1ccccc1S2=O. The third-order valence-corrected chi connectivity index (χ3v) is 6.85. The summed E-state index contributed by atoms with van der Waals surface area (Å²) in [6.07, 6.45) is 4.36. The summed E-state index contributed by atoms with van der Waals surface area (Å²) in [5.41, 5.74) is 5.82. The highest BCUT2D eigenvalue weighted by Gasteiger charge is 2.29. The molecule has 4 rings (SSSR count). The zero-order valence-electron chi connectivity index (χ0n) is 16.9. The minimum atomic E-state index is -1.14. The number of hydrogen-bond acceptors (Lipinski definition) is 3. The van der Waals surface area contributed by atoms with Crippen molar-refractivity contribution >= 4 is 22.2 Å². The van der Waals surface area contributed by atoms with Gasteiger partial charge in [0.15, 0.2) is 0 Å². The molecule has 156 valence electrons. The summed E-state index contributed by atoms with van der Waals surface area (Å²) in [6.45, 7) is 6.66. The maximum Gasteiger partial charge on any atom is 0.0892 e. The number of para-hydroxylation sites is 1. The molecule has 0 saturated carbocycles. The Hall–Kier alpha value is -2.69. The lowest BCUT2D eigenvalue weighted by Crippen LogP contribution is -2.25. The summed E-state index contributed by atoms with van der Waals surface area (Å²) in [5.74, 6) is 0. The normalized spacial score (nSPS) is 14.9. The Morgan fingerprint density at radius 2 is 1.63 bits per heavy atom. The Bertz CT molecular complexity index is 1060. The smallest absolute Gasteiger partial charge is 0.0892 e. The van der Waals surface area contributed by atoms with Gasteiger partial charge in [-0.05, 0) is 48.7 Å². The van der Waals surface area contributed by atoms with Crippen LogP contribution in [0, 0.1) is 13.8 Å². The van der Waals surface area contributed by atoms with E-state index >= 15 is 0 Å². The number of nitrogens with zero attached hydrogens (tertiary/aromatic N) is 1. The van der Waals surface area contributed by atoms with Crippen molar-refractivity contribution in [2.45, 2.75) is 37.6 Å². The van der Waals surface area contributed by atoms with Crippen LogP contribution in [0.5, 0.6) is 0 Å². The first kappa shape index (κ1) is 22.0. The number of fused-ring (bicyclic) bond motifs is 2. The predicted molar refractivity (Wildman–Crippen MR) is 128 cm³/mol. The average Bonchev–Trinajstić information content (AvgIpc) is 2.76. The van der Waals surface area contributed by atoms with E-state index in [1.807, 2.05) is 30.3 Å². The molecule has 4 heteroatoms. The van der Waals surface area contributed by atoms with Gasteiger partial charge in [0, 0.05) is 19.6 Å². The molecule has 0 spiro atoms. The van der Waals surface area contributed by atoms with Gasteiger partial charge >= 0.3 is 0 Å². The molecule has 3 aromatic rings. The Kier molecular flexibility index (Phi) is 7.24. The van der Waals surface area contributed by atoms with Crippen LogP contribution >= 0.6 is 0 Å². The molecular weight excluding hydrogens is 388 g/mol. The predicted octanol–water partition coefficient (Wildman–Crippen LogP) is 5.90. The largest absolute Gasteiger partial charge is 0.335 e. The number of hydrogen-bond donors (Lipinski definition) is 1. The summed E-state index contributed by atoms with van der Waals surface area (Å²) in [4.78, 5) is 4.09. The van der Waals surface area contributed by atoms with Crippen LogP contribution in [-0.2, 0) is 17.3 Å². The van der Waals surface area contributed by atoms with Gasteiger partial charge in [0.05, 0.1) is 32.0 Å². The molecule has 1 heterocycles. The summed E-state index contributed by atoms with van der Waals surface area (Å²) < 4.78 is 13.1. The zero-order valence-corrected chi connectivity index (χ0v) is 17.7. The Balaban J connectivity index is 0.00000256. The molecule has 30 heavy (non-hydrogen) atoms. The van der Waals surface area contributed by atoms with Crippen LogP contribution in [-0.4, -0.2) is 17.3 Å². The van der Waals surface area contributed by atoms with E-state index in [1.54, 1.807) is 0 Å². The van der Waals surface area contributed by atoms with Gasteiger partial charge in [-0.2, -0.15) is 0 Å². The number of aryl methyl sites for hydroxylation is 1. The van der Waals surface area contributed by atoms with E-state index in [0.29, 0.717) is 0 Å². The molecule has 3 nitrogen and oxygen atoms in total. The molecule has 0 aromatic heterocycles. The molecule has 0 bridgehead atoms. The van der Waals surface area contributed by atoms with E-state index in [0.717, 1.165) is 40.8 Å². The van der Waals surface area contributed by atoms with Crippen molar-refractivity contribution < 1.29 is 4.21 Å². The van der Waals surface area contributed by atoms with Crippen molar-refractivity contribution in [3.8, 4) is 0 Å². The highest BCUT2D eigenvalue weighted by molar-refractivity contribution is 7.85. The third kappa shape index (κ3) is 4.40. The van der Waals surface area contributed by atoms with Crippen LogP contribution in [0.4, 0.5) is 11.4 Å². The topological polar surface area (TPSA) is 32.3 Å². The van der Waals surface area contributed by atoms with Gasteiger partial charge in [0.25, 0.3) is 0 Å². The van der Waals surface area contributed by atoms with Crippen molar-refractivity contribution in [3.63, 3.8) is 0 Å². The molecule has 1 N–H and O–H groups in total. The number of rotatable bonds is 6. The van der Waals surface area contributed by atoms with Gasteiger partial charge in [-0.3, -0.25) is 0 Å². The molecular formula is C26H30N2OS. The summed E-state index contributed by atoms with van der Waals surface area (Å²) in [6, 6.07) is 22.5. The molecule has 0 radical (unpaired) electrons. The Labute approximate surface area is 182 Å². The average molecular weight is 419 g/mol. The second-order valence-electron chi connectivity index (χ2n) is 7.29. The Morgan fingerprint density at radius 3 is 2.43 bits per heavy atom. The molecule has 0 saturated heterocycles.